The average Bonchev–Trinajstić information content (AvgIpc) is 2.83. The third kappa shape index (κ3) is 9.06. The van der Waals surface area contributed by atoms with Gasteiger partial charge < -0.3 is 20.3 Å². The first-order chi connectivity index (χ1) is 18.1. The van der Waals surface area contributed by atoms with Gasteiger partial charge in [0.25, 0.3) is 5.91 Å². The number of ether oxygens (including phenoxy) is 1. The van der Waals surface area contributed by atoms with Gasteiger partial charge in [-0.2, -0.15) is 13.2 Å². The highest BCUT2D eigenvalue weighted by Crippen LogP contribution is 2.31. The molecule has 0 aromatic heterocycles. The van der Waals surface area contributed by atoms with Crippen LogP contribution < -0.4 is 15.5 Å². The number of halogens is 6. The predicted molar refractivity (Wildman–Crippen MR) is 141 cm³/mol. The number of hydrogen-bond acceptors (Lipinski definition) is 5. The molecule has 0 unspecified atom stereocenters. The number of carbonyl (C=O) groups is 2. The number of amides is 2. The molecule has 2 amide bonds. The minimum atomic E-state index is -4.22. The highest BCUT2D eigenvalue weighted by Gasteiger charge is 2.29. The van der Waals surface area contributed by atoms with Crippen LogP contribution in [0.25, 0.3) is 0 Å². The zero-order valence-corrected chi connectivity index (χ0v) is 23.3. The van der Waals surface area contributed by atoms with E-state index in [9.17, 15) is 31.5 Å². The molecular formula is C26H30BrF5N4O3. The lowest BCUT2D eigenvalue weighted by atomic mass is 10.1. The van der Waals surface area contributed by atoms with Gasteiger partial charge in [-0.1, -0.05) is 22.0 Å². The molecular weight excluding hydrogens is 591 g/mol. The quantitative estimate of drug-likeness (QED) is 0.367. The largest absolute Gasteiger partial charge is 0.444 e. The van der Waals surface area contributed by atoms with Crippen LogP contribution in [0, 0.1) is 11.6 Å². The molecule has 0 aliphatic carbocycles. The molecule has 0 saturated carbocycles. The van der Waals surface area contributed by atoms with Crippen molar-refractivity contribution in [1.29, 1.82) is 0 Å². The van der Waals surface area contributed by atoms with Gasteiger partial charge in [0.2, 0.25) is 0 Å². The van der Waals surface area contributed by atoms with E-state index in [1.807, 2.05) is 4.90 Å². The van der Waals surface area contributed by atoms with Gasteiger partial charge in [-0.15, -0.1) is 0 Å². The normalized spacial score (nSPS) is 14.7. The van der Waals surface area contributed by atoms with Crippen molar-refractivity contribution < 1.29 is 36.3 Å². The van der Waals surface area contributed by atoms with Gasteiger partial charge in [-0.3, -0.25) is 9.69 Å². The fourth-order valence-electron chi connectivity index (χ4n) is 3.94. The minimum Gasteiger partial charge on any atom is -0.444 e. The summed E-state index contributed by atoms with van der Waals surface area (Å²) in [6.45, 7) is 6.18. The van der Waals surface area contributed by atoms with Gasteiger partial charge in [0.05, 0.1) is 23.4 Å². The summed E-state index contributed by atoms with van der Waals surface area (Å²) >= 11 is 3.38. The van der Waals surface area contributed by atoms with Crippen molar-refractivity contribution in [3.8, 4) is 0 Å². The van der Waals surface area contributed by atoms with Crippen molar-refractivity contribution in [2.75, 3.05) is 42.9 Å². The van der Waals surface area contributed by atoms with E-state index in [1.54, 1.807) is 43.9 Å². The molecule has 1 heterocycles. The van der Waals surface area contributed by atoms with E-state index >= 15 is 0 Å². The number of alkyl carbamates (subject to hydrolysis) is 1. The van der Waals surface area contributed by atoms with E-state index in [0.29, 0.717) is 42.0 Å². The lowest BCUT2D eigenvalue weighted by molar-refractivity contribution is -0.138. The van der Waals surface area contributed by atoms with E-state index in [2.05, 4.69) is 26.6 Å². The van der Waals surface area contributed by atoms with Crippen molar-refractivity contribution in [1.82, 2.24) is 10.2 Å². The van der Waals surface area contributed by atoms with E-state index in [1.165, 1.54) is 6.07 Å². The maximum atomic E-state index is 14.8. The highest BCUT2D eigenvalue weighted by atomic mass is 79.9. The van der Waals surface area contributed by atoms with Crippen LogP contribution in [-0.2, 0) is 11.3 Å². The van der Waals surface area contributed by atoms with Gasteiger partial charge >= 0.3 is 12.3 Å². The molecule has 3 rings (SSSR count). The van der Waals surface area contributed by atoms with Crippen LogP contribution in [0.15, 0.2) is 34.8 Å². The van der Waals surface area contributed by atoms with Crippen LogP contribution in [0.3, 0.4) is 0 Å². The van der Waals surface area contributed by atoms with E-state index in [0.717, 1.165) is 6.07 Å². The molecule has 214 valence electrons. The van der Waals surface area contributed by atoms with E-state index < -0.39 is 47.4 Å². The second-order valence-corrected chi connectivity index (χ2v) is 11.0. The highest BCUT2D eigenvalue weighted by molar-refractivity contribution is 9.10. The Balaban J connectivity index is 1.69. The Bertz CT molecular complexity index is 1200. The van der Waals surface area contributed by atoms with Gasteiger partial charge in [-0.25, -0.2) is 13.6 Å². The summed E-state index contributed by atoms with van der Waals surface area (Å²) in [6.07, 6.45) is -5.91. The Morgan fingerprint density at radius 3 is 2.28 bits per heavy atom. The summed E-state index contributed by atoms with van der Waals surface area (Å²) in [6, 6.07) is 7.33. The fraction of sp³-hybridized carbons (Fsp3) is 0.462. The third-order valence-electron chi connectivity index (χ3n) is 5.86. The summed E-state index contributed by atoms with van der Waals surface area (Å²) in [5, 5.41) is 4.95. The van der Waals surface area contributed by atoms with E-state index in [4.69, 9.17) is 4.74 Å². The molecule has 2 N–H and O–H groups in total. The maximum Gasteiger partial charge on any atom is 0.407 e. The van der Waals surface area contributed by atoms with Crippen LogP contribution >= 0.6 is 15.9 Å². The first kappa shape index (κ1) is 30.6. The van der Waals surface area contributed by atoms with Crippen molar-refractivity contribution in [3.05, 3.63) is 57.6 Å². The average molecular weight is 621 g/mol. The number of carbonyl (C=O) groups excluding carboxylic acids is 2. The maximum absolute atomic E-state index is 14.8. The molecule has 0 spiro atoms. The number of piperazine rings is 1. The number of rotatable bonds is 7. The smallest absolute Gasteiger partial charge is 0.407 e. The zero-order valence-electron chi connectivity index (χ0n) is 21.7. The van der Waals surface area contributed by atoms with E-state index in [-0.39, 0.29) is 18.7 Å². The Kier molecular flexibility index (Phi) is 9.81. The molecule has 1 saturated heterocycles. The Labute approximate surface area is 231 Å². The second-order valence-electron chi connectivity index (χ2n) is 10.1. The standard InChI is InChI=1S/C26H30BrF5N4O3/c1-25(2,3)39-24(38)33-15-16-4-6-18(22(29)21(16)28)23(37)34-19-7-5-17(27)14-20(19)36-12-10-35(11-13-36)9-8-26(30,31)32/h4-7,14H,8-13,15H2,1-3H3,(H,33,38)(H,34,37). The summed E-state index contributed by atoms with van der Waals surface area (Å²) < 4.78 is 73.0. The molecule has 2 aromatic rings. The van der Waals surface area contributed by atoms with Crippen LogP contribution in [0.5, 0.6) is 0 Å². The molecule has 1 aliphatic rings. The molecule has 1 aliphatic heterocycles. The number of alkyl halides is 3. The number of benzene rings is 2. The fourth-order valence-corrected chi connectivity index (χ4v) is 4.29. The SMILES string of the molecule is CC(C)(C)OC(=O)NCc1ccc(C(=O)Nc2ccc(Br)cc2N2CCN(CCC(F)(F)F)CC2)c(F)c1F. The summed E-state index contributed by atoms with van der Waals surface area (Å²) in [7, 11) is 0. The number of anilines is 2. The molecule has 0 atom stereocenters. The zero-order chi connectivity index (χ0) is 29.0. The molecule has 0 bridgehead atoms. The summed E-state index contributed by atoms with van der Waals surface area (Å²) in [5.74, 6) is -3.52. The molecule has 7 nitrogen and oxygen atoms in total. The summed E-state index contributed by atoms with van der Waals surface area (Å²) in [4.78, 5) is 28.4. The Hall–Kier alpha value is -2.93. The Morgan fingerprint density at radius 1 is 1.00 bits per heavy atom. The monoisotopic (exact) mass is 620 g/mol. The topological polar surface area (TPSA) is 73.9 Å². The number of hydrogen-bond donors (Lipinski definition) is 2. The lowest BCUT2D eigenvalue weighted by Gasteiger charge is -2.37. The van der Waals surface area contributed by atoms with Crippen LogP contribution in [0.4, 0.5) is 38.1 Å². The van der Waals surface area contributed by atoms with Gasteiger partial charge in [0, 0.05) is 49.3 Å². The predicted octanol–water partition coefficient (Wildman–Crippen LogP) is 6.08. The van der Waals surface area contributed by atoms with Gasteiger partial charge in [0.15, 0.2) is 11.6 Å². The van der Waals surface area contributed by atoms with Gasteiger partial charge in [0.1, 0.15) is 5.60 Å². The molecule has 13 heteroatoms. The molecule has 1 fully saturated rings. The lowest BCUT2D eigenvalue weighted by Crippen LogP contribution is -2.47. The number of nitrogens with zero attached hydrogens (tertiary/aromatic N) is 2. The van der Waals surface area contributed by atoms with Crippen LogP contribution in [-0.4, -0.2) is 61.4 Å². The second kappa shape index (κ2) is 12.5. The Morgan fingerprint density at radius 2 is 1.67 bits per heavy atom. The molecule has 0 radical (unpaired) electrons. The minimum absolute atomic E-state index is 0.0897. The first-order valence-corrected chi connectivity index (χ1v) is 13.0. The summed E-state index contributed by atoms with van der Waals surface area (Å²) in [5.41, 5.74) is -0.528. The molecule has 39 heavy (non-hydrogen) atoms. The van der Waals surface area contributed by atoms with Crippen molar-refractivity contribution in [2.24, 2.45) is 0 Å². The van der Waals surface area contributed by atoms with Crippen molar-refractivity contribution in [3.63, 3.8) is 0 Å². The van der Waals surface area contributed by atoms with Crippen molar-refractivity contribution >= 4 is 39.3 Å². The first-order valence-electron chi connectivity index (χ1n) is 12.2. The number of nitrogens with one attached hydrogen (secondary N) is 2. The van der Waals surface area contributed by atoms with Gasteiger partial charge in [-0.05, 0) is 45.0 Å². The van der Waals surface area contributed by atoms with Crippen molar-refractivity contribution in [2.45, 2.75) is 45.5 Å². The van der Waals surface area contributed by atoms with Crippen LogP contribution in [0.2, 0.25) is 0 Å². The third-order valence-corrected chi connectivity index (χ3v) is 6.35. The molecule has 2 aromatic carbocycles. The van der Waals surface area contributed by atoms with Crippen LogP contribution in [0.1, 0.15) is 43.1 Å².